The Morgan fingerprint density at radius 1 is 1.58 bits per heavy atom. The van der Waals surface area contributed by atoms with Crippen LogP contribution in [0.5, 0.6) is 0 Å². The van der Waals surface area contributed by atoms with Crippen LogP contribution in [-0.4, -0.2) is 25.1 Å². The number of aliphatic imine (C=N–C) groups is 2. The summed E-state index contributed by atoms with van der Waals surface area (Å²) in [5.74, 6) is -0.420. The van der Waals surface area contributed by atoms with Crippen LogP contribution in [0.15, 0.2) is 21.4 Å². The van der Waals surface area contributed by atoms with Crippen LogP contribution >= 0.6 is 0 Å². The number of nitrogens with zero attached hydrogens (tertiary/aromatic N) is 2. The van der Waals surface area contributed by atoms with Crippen molar-refractivity contribution in [2.45, 2.75) is 0 Å². The summed E-state index contributed by atoms with van der Waals surface area (Å²) in [6.45, 7) is 0. The molecule has 6 nitrogen and oxygen atoms in total. The van der Waals surface area contributed by atoms with Crippen molar-refractivity contribution >= 4 is 18.1 Å². The number of nitrogens with one attached hydrogen (secondary N) is 1. The van der Waals surface area contributed by atoms with Crippen molar-refractivity contribution in [3.63, 3.8) is 0 Å². The highest BCUT2D eigenvalue weighted by atomic mass is 16.1. The third-order valence-corrected chi connectivity index (χ3v) is 1.32. The second kappa shape index (κ2) is 3.04. The molecule has 1 aliphatic rings. The van der Waals surface area contributed by atoms with Crippen molar-refractivity contribution in [2.75, 3.05) is 7.05 Å². The van der Waals surface area contributed by atoms with Crippen molar-refractivity contribution in [3.05, 3.63) is 11.4 Å². The van der Waals surface area contributed by atoms with Crippen LogP contribution in [0.1, 0.15) is 0 Å². The van der Waals surface area contributed by atoms with Gasteiger partial charge in [0.25, 0.3) is 5.91 Å². The number of rotatable bonds is 2. The summed E-state index contributed by atoms with van der Waals surface area (Å²) in [6, 6.07) is 0. The fourth-order valence-electron chi connectivity index (χ4n) is 0.751. The largest absolute Gasteiger partial charge is 0.392 e. The zero-order chi connectivity index (χ0) is 9.14. The van der Waals surface area contributed by atoms with Crippen molar-refractivity contribution in [1.29, 1.82) is 0 Å². The summed E-state index contributed by atoms with van der Waals surface area (Å²) < 4.78 is 0. The normalized spacial score (nSPS) is 17.4. The van der Waals surface area contributed by atoms with E-state index in [1.807, 2.05) is 0 Å². The van der Waals surface area contributed by atoms with E-state index < -0.39 is 5.91 Å². The predicted octanol–water partition coefficient (Wildman–Crippen LogP) is -1.70. The molecular weight excluding hydrogens is 158 g/mol. The van der Waals surface area contributed by atoms with Crippen LogP contribution < -0.4 is 16.8 Å². The Hall–Kier alpha value is -1.85. The van der Waals surface area contributed by atoms with Crippen molar-refractivity contribution in [3.8, 4) is 0 Å². The first-order valence-corrected chi connectivity index (χ1v) is 3.22. The fourth-order valence-corrected chi connectivity index (χ4v) is 0.751. The van der Waals surface area contributed by atoms with E-state index in [2.05, 4.69) is 15.3 Å². The molecule has 0 bridgehead atoms. The number of nitrogens with two attached hydrogens (primary N) is 2. The molecule has 0 aliphatic carbocycles. The van der Waals surface area contributed by atoms with Gasteiger partial charge < -0.3 is 16.8 Å². The lowest BCUT2D eigenvalue weighted by Gasteiger charge is -2.00. The molecule has 0 atom stereocenters. The van der Waals surface area contributed by atoms with Crippen LogP contribution in [-0.2, 0) is 4.79 Å². The molecule has 0 saturated carbocycles. The zero-order valence-corrected chi connectivity index (χ0v) is 6.53. The molecule has 0 saturated heterocycles. The van der Waals surface area contributed by atoms with Crippen LogP contribution in [0.2, 0.25) is 0 Å². The lowest BCUT2D eigenvalue weighted by molar-refractivity contribution is -0.114. The maximum Gasteiger partial charge on any atom is 0.297 e. The first-order valence-electron chi connectivity index (χ1n) is 3.22. The Morgan fingerprint density at radius 3 is 2.67 bits per heavy atom. The molecule has 1 heterocycles. The van der Waals surface area contributed by atoms with Gasteiger partial charge in [-0.25, -0.2) is 0 Å². The van der Waals surface area contributed by atoms with Gasteiger partial charge in [0.1, 0.15) is 11.4 Å². The van der Waals surface area contributed by atoms with E-state index in [9.17, 15) is 4.79 Å². The summed E-state index contributed by atoms with van der Waals surface area (Å²) >= 11 is 0. The quantitative estimate of drug-likeness (QED) is 0.336. The summed E-state index contributed by atoms with van der Waals surface area (Å²) in [5, 5.41) is 2.65. The SMILES string of the molecule is CN=CNC1=C(N)C(=O)N=C1N. The van der Waals surface area contributed by atoms with Gasteiger partial charge in [-0.3, -0.25) is 9.79 Å². The van der Waals surface area contributed by atoms with Gasteiger partial charge in [0.2, 0.25) is 0 Å². The minimum absolute atomic E-state index is 0.0207. The molecule has 0 aromatic rings. The molecule has 12 heavy (non-hydrogen) atoms. The molecule has 0 aromatic carbocycles. The molecule has 1 aliphatic heterocycles. The molecule has 64 valence electrons. The van der Waals surface area contributed by atoms with E-state index >= 15 is 0 Å². The molecular formula is C6H9N5O. The Morgan fingerprint density at radius 2 is 2.25 bits per heavy atom. The molecule has 0 unspecified atom stereocenters. The van der Waals surface area contributed by atoms with Gasteiger partial charge in [-0.15, -0.1) is 0 Å². The molecule has 0 radical (unpaired) electrons. The second-order valence-electron chi connectivity index (χ2n) is 2.12. The lowest BCUT2D eigenvalue weighted by Crippen LogP contribution is -2.26. The highest BCUT2D eigenvalue weighted by molar-refractivity contribution is 6.17. The maximum atomic E-state index is 10.8. The minimum Gasteiger partial charge on any atom is -0.392 e. The Bertz CT molecular complexity index is 301. The Balaban J connectivity index is 2.87. The second-order valence-corrected chi connectivity index (χ2v) is 2.12. The van der Waals surface area contributed by atoms with E-state index in [1.54, 1.807) is 7.05 Å². The van der Waals surface area contributed by atoms with Gasteiger partial charge >= 0.3 is 0 Å². The molecule has 0 spiro atoms. The van der Waals surface area contributed by atoms with Crippen LogP contribution in [0.4, 0.5) is 0 Å². The predicted molar refractivity (Wildman–Crippen MR) is 45.4 cm³/mol. The van der Waals surface area contributed by atoms with E-state index in [0.29, 0.717) is 5.70 Å². The number of hydrogen-bond donors (Lipinski definition) is 3. The Kier molecular flexibility index (Phi) is 2.09. The zero-order valence-electron chi connectivity index (χ0n) is 6.53. The van der Waals surface area contributed by atoms with Gasteiger partial charge in [0, 0.05) is 7.05 Å². The first-order chi connectivity index (χ1) is 5.66. The third kappa shape index (κ3) is 1.26. The van der Waals surface area contributed by atoms with Gasteiger partial charge in [0.15, 0.2) is 5.84 Å². The van der Waals surface area contributed by atoms with Crippen LogP contribution in [0.3, 0.4) is 0 Å². The maximum absolute atomic E-state index is 10.8. The van der Waals surface area contributed by atoms with Crippen molar-refractivity contribution in [1.82, 2.24) is 5.32 Å². The van der Waals surface area contributed by atoms with Gasteiger partial charge in [-0.05, 0) is 0 Å². The number of carbonyl (C=O) groups excluding carboxylic acids is 1. The minimum atomic E-state index is -0.514. The highest BCUT2D eigenvalue weighted by Gasteiger charge is 2.21. The molecule has 5 N–H and O–H groups in total. The number of hydrogen-bond acceptors (Lipinski definition) is 4. The van der Waals surface area contributed by atoms with Gasteiger partial charge in [-0.2, -0.15) is 4.99 Å². The fraction of sp³-hybridized carbons (Fsp3) is 0.167. The van der Waals surface area contributed by atoms with Crippen molar-refractivity contribution in [2.24, 2.45) is 21.5 Å². The smallest absolute Gasteiger partial charge is 0.297 e. The third-order valence-electron chi connectivity index (χ3n) is 1.32. The number of amides is 1. The topological polar surface area (TPSA) is 106 Å². The van der Waals surface area contributed by atoms with E-state index in [-0.39, 0.29) is 11.5 Å². The average Bonchev–Trinajstić information content (AvgIpc) is 2.25. The summed E-state index contributed by atoms with van der Waals surface area (Å²) in [7, 11) is 1.58. The summed E-state index contributed by atoms with van der Waals surface area (Å²) in [5.41, 5.74) is 11.1. The lowest BCUT2D eigenvalue weighted by atomic mass is 10.3. The monoisotopic (exact) mass is 167 g/mol. The van der Waals surface area contributed by atoms with Gasteiger partial charge in [0.05, 0.1) is 6.34 Å². The molecule has 6 heteroatoms. The Labute approximate surface area is 69.1 Å². The highest BCUT2D eigenvalue weighted by Crippen LogP contribution is 2.05. The average molecular weight is 167 g/mol. The van der Waals surface area contributed by atoms with Crippen molar-refractivity contribution < 1.29 is 4.79 Å². The first kappa shape index (κ1) is 8.25. The van der Waals surface area contributed by atoms with Gasteiger partial charge in [-0.1, -0.05) is 0 Å². The standard InChI is InChI=1S/C6H9N5O/c1-9-2-10-4-3(7)6(12)11-5(4)8/h2H,1H3,(H5,7,8,9,10,11,12). The summed E-state index contributed by atoms with van der Waals surface area (Å²) in [6.07, 6.45) is 1.38. The molecule has 0 aromatic heterocycles. The molecule has 1 rings (SSSR count). The van der Waals surface area contributed by atoms with E-state index in [0.717, 1.165) is 0 Å². The number of carbonyl (C=O) groups is 1. The summed E-state index contributed by atoms with van der Waals surface area (Å²) in [4.78, 5) is 17.9. The van der Waals surface area contributed by atoms with E-state index in [4.69, 9.17) is 11.5 Å². The number of amidine groups is 1. The molecule has 1 amide bonds. The molecule has 0 fully saturated rings. The van der Waals surface area contributed by atoms with Crippen LogP contribution in [0.25, 0.3) is 0 Å². The van der Waals surface area contributed by atoms with E-state index in [1.165, 1.54) is 6.34 Å². The van der Waals surface area contributed by atoms with Crippen LogP contribution in [0, 0.1) is 0 Å².